The van der Waals surface area contributed by atoms with Crippen molar-refractivity contribution in [3.05, 3.63) is 63.0 Å². The number of aryl methyl sites for hydroxylation is 1. The molecule has 3 nitrogen and oxygen atoms in total. The Morgan fingerprint density at radius 3 is 2.79 bits per heavy atom. The van der Waals surface area contributed by atoms with Gasteiger partial charge < -0.3 is 5.32 Å². The third-order valence-corrected chi connectivity index (χ3v) is 3.84. The fourth-order valence-corrected chi connectivity index (χ4v) is 2.49. The van der Waals surface area contributed by atoms with Crippen LogP contribution in [0.15, 0.2) is 42.6 Å². The minimum atomic E-state index is -0.0577. The van der Waals surface area contributed by atoms with Crippen molar-refractivity contribution in [3.63, 3.8) is 0 Å². The molecule has 1 amide bonds. The lowest BCUT2D eigenvalue weighted by Gasteiger charge is -2.09. The van der Waals surface area contributed by atoms with Gasteiger partial charge in [0.2, 0.25) is 0 Å². The average molecular weight is 366 g/mol. The Morgan fingerprint density at radius 2 is 2.05 bits per heavy atom. The highest BCUT2D eigenvalue weighted by Crippen LogP contribution is 2.12. The van der Waals surface area contributed by atoms with E-state index in [2.05, 4.69) is 39.8 Å². The van der Waals surface area contributed by atoms with Gasteiger partial charge in [-0.05, 0) is 52.8 Å². The number of aromatic nitrogens is 1. The van der Waals surface area contributed by atoms with Crippen LogP contribution in [0.2, 0.25) is 0 Å². The monoisotopic (exact) mass is 366 g/mol. The van der Waals surface area contributed by atoms with Gasteiger partial charge in [0.1, 0.15) is 0 Å². The van der Waals surface area contributed by atoms with Crippen molar-refractivity contribution in [1.29, 1.82) is 0 Å². The lowest BCUT2D eigenvalue weighted by atomic mass is 10.1. The van der Waals surface area contributed by atoms with Crippen molar-refractivity contribution in [2.75, 3.05) is 0 Å². The van der Waals surface area contributed by atoms with Crippen LogP contribution in [0.4, 0.5) is 0 Å². The molecular weight excluding hydrogens is 351 g/mol. The summed E-state index contributed by atoms with van der Waals surface area (Å²) in [5.74, 6) is -0.0577. The van der Waals surface area contributed by atoms with E-state index >= 15 is 0 Å². The van der Waals surface area contributed by atoms with Crippen molar-refractivity contribution in [2.24, 2.45) is 0 Å². The molecule has 1 N–H and O–H groups in total. The highest BCUT2D eigenvalue weighted by atomic mass is 127. The van der Waals surface area contributed by atoms with Crippen LogP contribution in [-0.4, -0.2) is 10.9 Å². The van der Waals surface area contributed by atoms with Crippen molar-refractivity contribution in [3.8, 4) is 0 Å². The lowest BCUT2D eigenvalue weighted by molar-refractivity contribution is 0.0949. The summed E-state index contributed by atoms with van der Waals surface area (Å²) in [7, 11) is 0. The molecule has 0 fully saturated rings. The van der Waals surface area contributed by atoms with Crippen LogP contribution in [-0.2, 0) is 13.0 Å². The highest BCUT2D eigenvalue weighted by molar-refractivity contribution is 14.1. The number of carbonyl (C=O) groups excluding carboxylic acids is 1. The highest BCUT2D eigenvalue weighted by Gasteiger charge is 2.09. The summed E-state index contributed by atoms with van der Waals surface area (Å²) < 4.78 is 0.953. The van der Waals surface area contributed by atoms with Crippen LogP contribution >= 0.6 is 22.6 Å². The first kappa shape index (κ1) is 14.0. The van der Waals surface area contributed by atoms with E-state index in [0.717, 1.165) is 15.7 Å². The Kier molecular flexibility index (Phi) is 4.90. The molecule has 2 rings (SSSR count). The van der Waals surface area contributed by atoms with E-state index in [1.165, 1.54) is 5.56 Å². The molecule has 0 saturated heterocycles. The number of carbonyl (C=O) groups is 1. The number of hydrogen-bond donors (Lipinski definition) is 1. The van der Waals surface area contributed by atoms with E-state index < -0.39 is 0 Å². The van der Waals surface area contributed by atoms with Crippen LogP contribution in [0.5, 0.6) is 0 Å². The first-order valence-corrected chi connectivity index (χ1v) is 7.25. The number of nitrogens with one attached hydrogen (secondary N) is 1. The van der Waals surface area contributed by atoms with E-state index in [0.29, 0.717) is 12.1 Å². The number of pyridine rings is 1. The second-order valence-corrected chi connectivity index (χ2v) is 5.29. The van der Waals surface area contributed by atoms with Crippen LogP contribution < -0.4 is 5.32 Å². The predicted octanol–water partition coefficient (Wildman–Crippen LogP) is 3.18. The Hall–Kier alpha value is -1.43. The molecule has 2 aromatic rings. The fraction of sp³-hybridized carbons (Fsp3) is 0.200. The third kappa shape index (κ3) is 3.53. The SMILES string of the molecule is CCc1cccnc1CNC(=O)c1ccccc1I. The third-order valence-electron chi connectivity index (χ3n) is 2.90. The van der Waals surface area contributed by atoms with Gasteiger partial charge in [0, 0.05) is 9.77 Å². The topological polar surface area (TPSA) is 42.0 Å². The minimum Gasteiger partial charge on any atom is -0.346 e. The molecule has 19 heavy (non-hydrogen) atoms. The maximum atomic E-state index is 12.1. The molecule has 0 aliphatic heterocycles. The summed E-state index contributed by atoms with van der Waals surface area (Å²) in [4.78, 5) is 16.4. The number of amides is 1. The average Bonchev–Trinajstić information content (AvgIpc) is 2.45. The first-order chi connectivity index (χ1) is 9.22. The molecule has 0 aliphatic carbocycles. The first-order valence-electron chi connectivity index (χ1n) is 6.18. The van der Waals surface area contributed by atoms with Gasteiger partial charge >= 0.3 is 0 Å². The molecule has 0 atom stereocenters. The predicted molar refractivity (Wildman–Crippen MR) is 83.9 cm³/mol. The molecule has 1 heterocycles. The van der Waals surface area contributed by atoms with E-state index in [1.807, 2.05) is 36.4 Å². The summed E-state index contributed by atoms with van der Waals surface area (Å²) in [6.07, 6.45) is 2.68. The normalized spacial score (nSPS) is 10.2. The minimum absolute atomic E-state index is 0.0577. The lowest BCUT2D eigenvalue weighted by Crippen LogP contribution is -2.24. The van der Waals surface area contributed by atoms with Crippen molar-refractivity contribution >= 4 is 28.5 Å². The van der Waals surface area contributed by atoms with Gasteiger partial charge in [0.05, 0.1) is 17.8 Å². The molecule has 0 radical (unpaired) electrons. The van der Waals surface area contributed by atoms with Crippen LogP contribution in [0.25, 0.3) is 0 Å². The molecule has 0 unspecified atom stereocenters. The maximum Gasteiger partial charge on any atom is 0.252 e. The molecule has 0 bridgehead atoms. The van der Waals surface area contributed by atoms with Crippen LogP contribution in [0.1, 0.15) is 28.5 Å². The molecule has 1 aromatic heterocycles. The fourth-order valence-electron chi connectivity index (χ4n) is 1.86. The molecule has 0 aliphatic rings. The Bertz CT molecular complexity index is 584. The van der Waals surface area contributed by atoms with Crippen molar-refractivity contribution in [2.45, 2.75) is 19.9 Å². The van der Waals surface area contributed by atoms with Crippen LogP contribution in [0.3, 0.4) is 0 Å². The molecule has 1 aromatic carbocycles. The van der Waals surface area contributed by atoms with Gasteiger partial charge in [-0.15, -0.1) is 0 Å². The maximum absolute atomic E-state index is 12.1. The van der Waals surface area contributed by atoms with Crippen molar-refractivity contribution in [1.82, 2.24) is 10.3 Å². The molecule has 0 spiro atoms. The zero-order valence-electron chi connectivity index (χ0n) is 10.7. The largest absolute Gasteiger partial charge is 0.346 e. The van der Waals surface area contributed by atoms with Crippen LogP contribution in [0, 0.1) is 3.57 Å². The van der Waals surface area contributed by atoms with Gasteiger partial charge in [-0.2, -0.15) is 0 Å². The second kappa shape index (κ2) is 6.65. The van der Waals surface area contributed by atoms with E-state index in [9.17, 15) is 4.79 Å². The van der Waals surface area contributed by atoms with Gasteiger partial charge in [-0.3, -0.25) is 9.78 Å². The summed E-state index contributed by atoms with van der Waals surface area (Å²) in [5.41, 5.74) is 2.81. The number of rotatable bonds is 4. The Morgan fingerprint density at radius 1 is 1.26 bits per heavy atom. The number of nitrogens with zero attached hydrogens (tertiary/aromatic N) is 1. The van der Waals surface area contributed by atoms with Gasteiger partial charge in [-0.25, -0.2) is 0 Å². The summed E-state index contributed by atoms with van der Waals surface area (Å²) >= 11 is 2.17. The van der Waals surface area contributed by atoms with E-state index in [4.69, 9.17) is 0 Å². The standard InChI is InChI=1S/C15H15IN2O/c1-2-11-6-5-9-17-14(11)10-18-15(19)12-7-3-4-8-13(12)16/h3-9H,2,10H2,1H3,(H,18,19). The quantitative estimate of drug-likeness (QED) is 0.845. The van der Waals surface area contributed by atoms with Gasteiger partial charge in [-0.1, -0.05) is 25.1 Å². The molecular formula is C15H15IN2O. The number of halogens is 1. The molecule has 4 heteroatoms. The molecule has 98 valence electrons. The summed E-state index contributed by atoms with van der Waals surface area (Å²) in [5, 5.41) is 2.92. The number of benzene rings is 1. The summed E-state index contributed by atoms with van der Waals surface area (Å²) in [6, 6.07) is 11.5. The zero-order chi connectivity index (χ0) is 13.7. The number of hydrogen-bond acceptors (Lipinski definition) is 2. The summed E-state index contributed by atoms with van der Waals surface area (Å²) in [6.45, 7) is 2.55. The Labute approximate surface area is 126 Å². The van der Waals surface area contributed by atoms with Gasteiger partial charge in [0.15, 0.2) is 0 Å². The smallest absolute Gasteiger partial charge is 0.252 e. The Balaban J connectivity index is 2.07. The van der Waals surface area contributed by atoms with Crippen molar-refractivity contribution < 1.29 is 4.79 Å². The second-order valence-electron chi connectivity index (χ2n) is 4.13. The molecule has 0 saturated carbocycles. The van der Waals surface area contributed by atoms with E-state index in [1.54, 1.807) is 6.20 Å². The zero-order valence-corrected chi connectivity index (χ0v) is 12.8. The van der Waals surface area contributed by atoms with E-state index in [-0.39, 0.29) is 5.91 Å². The van der Waals surface area contributed by atoms with Gasteiger partial charge in [0.25, 0.3) is 5.91 Å².